The molecule has 0 fully saturated rings. The summed E-state index contributed by atoms with van der Waals surface area (Å²) in [5.41, 5.74) is 0. The third-order valence-corrected chi connectivity index (χ3v) is 2.64. The van der Waals surface area contributed by atoms with Crippen LogP contribution in [0.25, 0.3) is 0 Å². The number of hydrogen-bond donors (Lipinski definition) is 0. The molecule has 83 valence electrons. The van der Waals surface area contributed by atoms with Crippen LogP contribution in [0.5, 0.6) is 5.75 Å². The lowest BCUT2D eigenvalue weighted by atomic mass is 10.1. The number of ether oxygens (including phenoxy) is 1. The molecule has 1 unspecified atom stereocenters. The molecule has 0 aromatic heterocycles. The molecule has 0 aliphatic carbocycles. The lowest BCUT2D eigenvalue weighted by molar-refractivity contribution is 0.190. The predicted octanol–water partition coefficient (Wildman–Crippen LogP) is 4.50. The second-order valence-electron chi connectivity index (χ2n) is 3.60. The number of benzene rings is 1. The van der Waals surface area contributed by atoms with Gasteiger partial charge in [-0.15, -0.1) is 0 Å². The summed E-state index contributed by atoms with van der Waals surface area (Å²) in [5, 5.41) is 0.674. The summed E-state index contributed by atoms with van der Waals surface area (Å²) in [5.74, 6) is 0.768. The van der Waals surface area contributed by atoms with Gasteiger partial charge >= 0.3 is 0 Å². The van der Waals surface area contributed by atoms with Crippen molar-refractivity contribution in [1.82, 2.24) is 0 Å². The first-order valence-electron chi connectivity index (χ1n) is 5.48. The van der Waals surface area contributed by atoms with Gasteiger partial charge in [0.2, 0.25) is 0 Å². The summed E-state index contributed by atoms with van der Waals surface area (Å²) in [6, 6.07) is 7.58. The highest BCUT2D eigenvalue weighted by atomic mass is 35.5. The van der Waals surface area contributed by atoms with Crippen LogP contribution in [0, 0.1) is 6.92 Å². The molecule has 0 bridgehead atoms. The van der Waals surface area contributed by atoms with Crippen molar-refractivity contribution >= 4 is 11.6 Å². The van der Waals surface area contributed by atoms with E-state index in [1.54, 1.807) is 0 Å². The minimum absolute atomic E-state index is 0.185. The van der Waals surface area contributed by atoms with Crippen molar-refractivity contribution in [3.05, 3.63) is 36.2 Å². The quantitative estimate of drug-likeness (QED) is 0.693. The average Bonchev–Trinajstić information content (AvgIpc) is 2.26. The minimum atomic E-state index is 0.185. The Morgan fingerprint density at radius 1 is 1.40 bits per heavy atom. The van der Waals surface area contributed by atoms with E-state index in [1.807, 2.05) is 24.3 Å². The van der Waals surface area contributed by atoms with E-state index in [9.17, 15) is 0 Å². The number of unbranched alkanes of at least 4 members (excludes halogenated alkanes) is 1. The first kappa shape index (κ1) is 12.4. The minimum Gasteiger partial charge on any atom is -0.489 e. The monoisotopic (exact) mass is 225 g/mol. The van der Waals surface area contributed by atoms with Crippen molar-refractivity contribution in [1.29, 1.82) is 0 Å². The van der Waals surface area contributed by atoms with Crippen LogP contribution in [-0.2, 0) is 0 Å². The molecular formula is C13H18ClO. The van der Waals surface area contributed by atoms with Gasteiger partial charge in [-0.05, 0) is 31.9 Å². The molecule has 0 saturated heterocycles. The number of para-hydroxylation sites is 1. The Morgan fingerprint density at radius 2 is 2.13 bits per heavy atom. The van der Waals surface area contributed by atoms with E-state index in [0.717, 1.165) is 18.6 Å². The Morgan fingerprint density at radius 3 is 2.73 bits per heavy atom. The van der Waals surface area contributed by atoms with E-state index >= 15 is 0 Å². The summed E-state index contributed by atoms with van der Waals surface area (Å²) in [6.07, 6.45) is 4.37. The number of hydrogen-bond acceptors (Lipinski definition) is 1. The van der Waals surface area contributed by atoms with Crippen LogP contribution < -0.4 is 4.74 Å². The highest BCUT2D eigenvalue weighted by Gasteiger charge is 2.09. The smallest absolute Gasteiger partial charge is 0.138 e. The van der Waals surface area contributed by atoms with Gasteiger partial charge in [0, 0.05) is 0 Å². The zero-order valence-electron chi connectivity index (χ0n) is 9.21. The van der Waals surface area contributed by atoms with Crippen molar-refractivity contribution in [3.63, 3.8) is 0 Å². The molecule has 0 heterocycles. The van der Waals surface area contributed by atoms with Gasteiger partial charge in [-0.25, -0.2) is 0 Å². The van der Waals surface area contributed by atoms with E-state index in [1.165, 1.54) is 12.8 Å². The van der Waals surface area contributed by atoms with Crippen LogP contribution in [0.2, 0.25) is 5.02 Å². The zero-order valence-corrected chi connectivity index (χ0v) is 9.96. The number of rotatable bonds is 6. The lowest BCUT2D eigenvalue weighted by Crippen LogP contribution is -2.15. The highest BCUT2D eigenvalue weighted by molar-refractivity contribution is 6.32. The van der Waals surface area contributed by atoms with Gasteiger partial charge in [-0.1, -0.05) is 43.5 Å². The Balaban J connectivity index is 2.54. The summed E-state index contributed by atoms with van der Waals surface area (Å²) in [7, 11) is 0. The first-order chi connectivity index (χ1) is 7.27. The summed E-state index contributed by atoms with van der Waals surface area (Å²) in [6.45, 7) is 6.07. The molecule has 2 heteroatoms. The SMILES string of the molecule is [CH2]CC(CCCC)Oc1ccccc1Cl. The second kappa shape index (κ2) is 6.73. The van der Waals surface area contributed by atoms with Gasteiger partial charge in [-0.3, -0.25) is 0 Å². The summed E-state index contributed by atoms with van der Waals surface area (Å²) < 4.78 is 5.80. The molecular weight excluding hydrogens is 208 g/mol. The van der Waals surface area contributed by atoms with Gasteiger partial charge in [0.05, 0.1) is 11.1 Å². The fourth-order valence-corrected chi connectivity index (χ4v) is 1.59. The van der Waals surface area contributed by atoms with E-state index in [2.05, 4.69) is 13.8 Å². The van der Waals surface area contributed by atoms with E-state index in [0.29, 0.717) is 5.02 Å². The maximum Gasteiger partial charge on any atom is 0.138 e. The van der Waals surface area contributed by atoms with Crippen LogP contribution in [0.3, 0.4) is 0 Å². The number of halogens is 1. The molecule has 1 radical (unpaired) electrons. The Bertz CT molecular complexity index is 286. The molecule has 0 N–H and O–H groups in total. The van der Waals surface area contributed by atoms with Gasteiger partial charge < -0.3 is 4.74 Å². The normalized spacial score (nSPS) is 12.5. The molecule has 0 amide bonds. The lowest BCUT2D eigenvalue weighted by Gasteiger charge is -2.17. The average molecular weight is 226 g/mol. The highest BCUT2D eigenvalue weighted by Crippen LogP contribution is 2.25. The Labute approximate surface area is 97.4 Å². The van der Waals surface area contributed by atoms with E-state index in [-0.39, 0.29) is 6.10 Å². The third-order valence-electron chi connectivity index (χ3n) is 2.33. The van der Waals surface area contributed by atoms with E-state index < -0.39 is 0 Å². The largest absolute Gasteiger partial charge is 0.489 e. The van der Waals surface area contributed by atoms with Crippen molar-refractivity contribution < 1.29 is 4.74 Å². The molecule has 1 nitrogen and oxygen atoms in total. The van der Waals surface area contributed by atoms with Crippen molar-refractivity contribution in [2.45, 2.75) is 38.7 Å². The molecule has 0 spiro atoms. The van der Waals surface area contributed by atoms with Crippen molar-refractivity contribution in [3.8, 4) is 5.75 Å². The van der Waals surface area contributed by atoms with Crippen LogP contribution >= 0.6 is 11.6 Å². The van der Waals surface area contributed by atoms with Gasteiger partial charge in [0.1, 0.15) is 5.75 Å². The molecule has 0 aliphatic rings. The second-order valence-corrected chi connectivity index (χ2v) is 4.01. The maximum absolute atomic E-state index is 6.01. The topological polar surface area (TPSA) is 9.23 Å². The van der Waals surface area contributed by atoms with Crippen LogP contribution in [-0.4, -0.2) is 6.10 Å². The van der Waals surface area contributed by atoms with Gasteiger partial charge in [0.25, 0.3) is 0 Å². The molecule has 1 aromatic rings. The summed E-state index contributed by atoms with van der Waals surface area (Å²) >= 11 is 6.01. The van der Waals surface area contributed by atoms with Crippen LogP contribution in [0.1, 0.15) is 32.6 Å². The summed E-state index contributed by atoms with van der Waals surface area (Å²) in [4.78, 5) is 0. The van der Waals surface area contributed by atoms with Crippen LogP contribution in [0.4, 0.5) is 0 Å². The molecule has 1 rings (SSSR count). The van der Waals surface area contributed by atoms with Crippen LogP contribution in [0.15, 0.2) is 24.3 Å². The van der Waals surface area contributed by atoms with Crippen molar-refractivity contribution in [2.24, 2.45) is 0 Å². The van der Waals surface area contributed by atoms with Gasteiger partial charge in [-0.2, -0.15) is 0 Å². The first-order valence-corrected chi connectivity index (χ1v) is 5.86. The molecule has 0 aliphatic heterocycles. The maximum atomic E-state index is 6.01. The standard InChI is InChI=1S/C13H18ClO/c1-3-5-8-11(4-2)15-13-10-7-6-9-12(13)14/h6-7,9-11H,2-5,8H2,1H3. The fourth-order valence-electron chi connectivity index (χ4n) is 1.41. The van der Waals surface area contributed by atoms with Gasteiger partial charge in [0.15, 0.2) is 0 Å². The fraction of sp³-hybridized carbons (Fsp3) is 0.462. The van der Waals surface area contributed by atoms with E-state index in [4.69, 9.17) is 16.3 Å². The molecule has 15 heavy (non-hydrogen) atoms. The molecule has 1 atom stereocenters. The molecule has 0 saturated carbocycles. The Hall–Kier alpha value is -0.690. The predicted molar refractivity (Wildman–Crippen MR) is 65.4 cm³/mol. The molecule has 1 aromatic carbocycles. The zero-order chi connectivity index (χ0) is 11.1. The van der Waals surface area contributed by atoms with Crippen molar-refractivity contribution in [2.75, 3.05) is 0 Å². The Kier molecular flexibility index (Phi) is 5.56. The third kappa shape index (κ3) is 4.13.